The van der Waals surface area contributed by atoms with Crippen LogP contribution in [-0.2, 0) is 6.54 Å². The number of hydrogen-bond donors (Lipinski definition) is 5. The van der Waals surface area contributed by atoms with E-state index in [2.05, 4.69) is 5.32 Å². The molecule has 0 heterocycles. The summed E-state index contributed by atoms with van der Waals surface area (Å²) < 4.78 is 13.5. The van der Waals surface area contributed by atoms with E-state index >= 15 is 0 Å². The summed E-state index contributed by atoms with van der Waals surface area (Å²) in [6, 6.07) is 3.65. The number of aliphatic hydroxyl groups excluding tert-OH is 3. The molecule has 1 amide bonds. The molecule has 6 N–H and O–H groups in total. The molecule has 6 nitrogen and oxygen atoms in total. The second kappa shape index (κ2) is 6.58. The highest BCUT2D eigenvalue weighted by atomic mass is 19.1. The molecule has 0 atom stereocenters. The number of hydrogen-bond acceptors (Lipinski definition) is 5. The quantitative estimate of drug-likeness (QED) is 0.424. The van der Waals surface area contributed by atoms with Crippen LogP contribution >= 0.6 is 0 Å². The van der Waals surface area contributed by atoms with Crippen LogP contribution in [0.25, 0.3) is 0 Å². The third-order valence-electron chi connectivity index (χ3n) is 2.89. The van der Waals surface area contributed by atoms with Gasteiger partial charge in [0.15, 0.2) is 0 Å². The van der Waals surface area contributed by atoms with Crippen LogP contribution in [0.1, 0.15) is 15.9 Å². The van der Waals surface area contributed by atoms with E-state index in [9.17, 15) is 9.18 Å². The first-order valence-electron chi connectivity index (χ1n) is 5.64. The Hall–Kier alpha value is -1.54. The topological polar surface area (TPSA) is 116 Å². The van der Waals surface area contributed by atoms with Crippen molar-refractivity contribution in [2.45, 2.75) is 12.1 Å². The first-order chi connectivity index (χ1) is 8.98. The van der Waals surface area contributed by atoms with E-state index in [0.29, 0.717) is 0 Å². The Morgan fingerprint density at radius 2 is 1.84 bits per heavy atom. The Bertz CT molecular complexity index is 441. The number of nitrogens with two attached hydrogens (primary N) is 1. The molecular formula is C12H17FN2O4. The second-order valence-electron chi connectivity index (χ2n) is 4.28. The normalized spacial score (nSPS) is 11.6. The SMILES string of the molecule is NC(=O)c1ccc(F)c(CNC(CO)(CO)CO)c1. The molecule has 0 radical (unpaired) electrons. The molecule has 0 spiro atoms. The molecule has 0 aromatic heterocycles. The van der Waals surface area contributed by atoms with E-state index in [1.807, 2.05) is 0 Å². The predicted molar refractivity (Wildman–Crippen MR) is 65.7 cm³/mol. The maximum absolute atomic E-state index is 13.5. The van der Waals surface area contributed by atoms with Crippen molar-refractivity contribution in [2.75, 3.05) is 19.8 Å². The van der Waals surface area contributed by atoms with E-state index in [4.69, 9.17) is 21.1 Å². The smallest absolute Gasteiger partial charge is 0.248 e. The summed E-state index contributed by atoms with van der Waals surface area (Å²) in [5, 5.41) is 30.0. The average molecular weight is 272 g/mol. The van der Waals surface area contributed by atoms with Crippen molar-refractivity contribution in [1.82, 2.24) is 5.32 Å². The summed E-state index contributed by atoms with van der Waals surface area (Å²) >= 11 is 0. The van der Waals surface area contributed by atoms with Crippen molar-refractivity contribution >= 4 is 5.91 Å². The fourth-order valence-electron chi connectivity index (χ4n) is 1.46. The highest BCUT2D eigenvalue weighted by Crippen LogP contribution is 2.12. The van der Waals surface area contributed by atoms with Crippen molar-refractivity contribution in [3.05, 3.63) is 35.1 Å². The summed E-state index contributed by atoms with van der Waals surface area (Å²) in [6.07, 6.45) is 0. The molecule has 0 aliphatic carbocycles. The number of rotatable bonds is 7. The van der Waals surface area contributed by atoms with E-state index in [1.165, 1.54) is 12.1 Å². The standard InChI is InChI=1S/C12H17FN2O4/c13-10-2-1-8(11(14)19)3-9(10)4-15-12(5-16,6-17)7-18/h1-3,15-18H,4-7H2,(H2,14,19). The maximum atomic E-state index is 13.5. The number of nitrogens with one attached hydrogen (secondary N) is 1. The van der Waals surface area contributed by atoms with Gasteiger partial charge in [0.2, 0.25) is 5.91 Å². The zero-order chi connectivity index (χ0) is 14.5. The summed E-state index contributed by atoms with van der Waals surface area (Å²) in [7, 11) is 0. The number of benzene rings is 1. The lowest BCUT2D eigenvalue weighted by molar-refractivity contribution is 0.0411. The maximum Gasteiger partial charge on any atom is 0.248 e. The molecule has 0 bridgehead atoms. The van der Waals surface area contributed by atoms with Gasteiger partial charge in [0.05, 0.1) is 25.4 Å². The lowest BCUT2D eigenvalue weighted by Crippen LogP contribution is -2.54. The first kappa shape index (κ1) is 15.5. The minimum atomic E-state index is -1.31. The minimum Gasteiger partial charge on any atom is -0.394 e. The van der Waals surface area contributed by atoms with Crippen LogP contribution in [0.15, 0.2) is 18.2 Å². The molecule has 0 saturated heterocycles. The van der Waals surface area contributed by atoms with Crippen LogP contribution < -0.4 is 11.1 Å². The van der Waals surface area contributed by atoms with E-state index in [0.717, 1.165) is 6.07 Å². The molecule has 1 rings (SSSR count). The van der Waals surface area contributed by atoms with Gasteiger partial charge in [-0.25, -0.2) is 4.39 Å². The number of primary amides is 1. The number of halogens is 1. The number of aliphatic hydroxyl groups is 3. The largest absolute Gasteiger partial charge is 0.394 e. The minimum absolute atomic E-state index is 0.0748. The van der Waals surface area contributed by atoms with Gasteiger partial charge in [0.25, 0.3) is 0 Å². The summed E-state index contributed by atoms with van der Waals surface area (Å²) in [6.45, 7) is -1.62. The van der Waals surface area contributed by atoms with Crippen molar-refractivity contribution < 1.29 is 24.5 Å². The Kier molecular flexibility index (Phi) is 5.37. The Morgan fingerprint density at radius 3 is 2.32 bits per heavy atom. The lowest BCUT2D eigenvalue weighted by atomic mass is 10.0. The summed E-state index contributed by atoms with van der Waals surface area (Å²) in [4.78, 5) is 11.0. The Morgan fingerprint density at radius 1 is 1.26 bits per heavy atom. The van der Waals surface area contributed by atoms with Gasteiger partial charge in [-0.1, -0.05) is 0 Å². The molecule has 19 heavy (non-hydrogen) atoms. The number of carbonyl (C=O) groups excluding carboxylic acids is 1. The van der Waals surface area contributed by atoms with Gasteiger partial charge in [0.1, 0.15) is 5.82 Å². The van der Waals surface area contributed by atoms with Crippen LogP contribution in [0, 0.1) is 5.82 Å². The van der Waals surface area contributed by atoms with Gasteiger partial charge in [0, 0.05) is 17.7 Å². The second-order valence-corrected chi connectivity index (χ2v) is 4.28. The Balaban J connectivity index is 2.87. The molecule has 106 valence electrons. The van der Waals surface area contributed by atoms with Crippen LogP contribution in [-0.4, -0.2) is 46.6 Å². The van der Waals surface area contributed by atoms with Gasteiger partial charge in [-0.3, -0.25) is 4.79 Å². The molecule has 0 aliphatic rings. The number of carbonyl (C=O) groups is 1. The van der Waals surface area contributed by atoms with E-state index < -0.39 is 37.1 Å². The molecule has 7 heteroatoms. The molecule has 1 aromatic carbocycles. The zero-order valence-corrected chi connectivity index (χ0v) is 10.3. The predicted octanol–water partition coefficient (Wildman–Crippen LogP) is -1.27. The van der Waals surface area contributed by atoms with E-state index in [-0.39, 0.29) is 17.7 Å². The summed E-state index contributed by atoms with van der Waals surface area (Å²) in [5.41, 5.74) is 4.08. The molecular weight excluding hydrogens is 255 g/mol. The van der Waals surface area contributed by atoms with Crippen LogP contribution in [0.2, 0.25) is 0 Å². The highest BCUT2D eigenvalue weighted by Gasteiger charge is 2.27. The summed E-state index contributed by atoms with van der Waals surface area (Å²) in [5.74, 6) is -1.24. The zero-order valence-electron chi connectivity index (χ0n) is 10.3. The van der Waals surface area contributed by atoms with Gasteiger partial charge in [-0.05, 0) is 18.2 Å². The van der Waals surface area contributed by atoms with Gasteiger partial charge >= 0.3 is 0 Å². The van der Waals surface area contributed by atoms with Crippen LogP contribution in [0.4, 0.5) is 4.39 Å². The first-order valence-corrected chi connectivity index (χ1v) is 5.64. The number of amides is 1. The van der Waals surface area contributed by atoms with Crippen molar-refractivity contribution in [1.29, 1.82) is 0 Å². The fourth-order valence-corrected chi connectivity index (χ4v) is 1.46. The molecule has 0 saturated carbocycles. The third kappa shape index (κ3) is 3.71. The molecule has 1 aromatic rings. The fraction of sp³-hybridized carbons (Fsp3) is 0.417. The third-order valence-corrected chi connectivity index (χ3v) is 2.89. The Labute approximate surface area is 109 Å². The molecule has 0 fully saturated rings. The molecule has 0 aliphatic heterocycles. The lowest BCUT2D eigenvalue weighted by Gasteiger charge is -2.29. The van der Waals surface area contributed by atoms with Crippen molar-refractivity contribution in [3.63, 3.8) is 0 Å². The van der Waals surface area contributed by atoms with Crippen molar-refractivity contribution in [2.24, 2.45) is 5.73 Å². The van der Waals surface area contributed by atoms with Gasteiger partial charge in [-0.15, -0.1) is 0 Å². The highest BCUT2D eigenvalue weighted by molar-refractivity contribution is 5.92. The monoisotopic (exact) mass is 272 g/mol. The van der Waals surface area contributed by atoms with Gasteiger partial charge < -0.3 is 26.4 Å². The van der Waals surface area contributed by atoms with Crippen LogP contribution in [0.5, 0.6) is 0 Å². The average Bonchev–Trinajstić information content (AvgIpc) is 2.42. The van der Waals surface area contributed by atoms with E-state index in [1.54, 1.807) is 0 Å². The van der Waals surface area contributed by atoms with Gasteiger partial charge in [-0.2, -0.15) is 0 Å². The van der Waals surface area contributed by atoms with Crippen molar-refractivity contribution in [3.8, 4) is 0 Å². The molecule has 0 unspecified atom stereocenters. The van der Waals surface area contributed by atoms with Crippen LogP contribution in [0.3, 0.4) is 0 Å².